The molecule has 1 rings (SSSR count). The van der Waals surface area contributed by atoms with Crippen LogP contribution in [0.5, 0.6) is 5.75 Å². The topological polar surface area (TPSA) is 50.9 Å². The number of amidine groups is 1. The van der Waals surface area contributed by atoms with E-state index in [-0.39, 0.29) is 24.8 Å². The second kappa shape index (κ2) is 10.9. The summed E-state index contributed by atoms with van der Waals surface area (Å²) in [6.07, 6.45) is 0. The number of hydrogen-bond acceptors (Lipinski definition) is 3. The van der Waals surface area contributed by atoms with Crippen LogP contribution in [0.1, 0.15) is 12.5 Å². The van der Waals surface area contributed by atoms with Crippen molar-refractivity contribution >= 4 is 30.6 Å². The maximum Gasteiger partial charge on any atom is 0.125 e. The summed E-state index contributed by atoms with van der Waals surface area (Å²) in [6.45, 7) is 4.25. The Bertz CT molecular complexity index is 367. The van der Waals surface area contributed by atoms with Crippen LogP contribution in [0.4, 0.5) is 0 Å². The Labute approximate surface area is 127 Å². The van der Waals surface area contributed by atoms with Gasteiger partial charge in [-0.25, -0.2) is 0 Å². The van der Waals surface area contributed by atoms with Gasteiger partial charge in [0.2, 0.25) is 0 Å². The molecular formula is C13H23Cl2N3O. The largest absolute Gasteiger partial charge is 0.494 e. The first-order chi connectivity index (χ1) is 8.13. The van der Waals surface area contributed by atoms with Gasteiger partial charge in [0.05, 0.1) is 13.2 Å². The summed E-state index contributed by atoms with van der Waals surface area (Å²) in [7, 11) is 4.03. The Balaban J connectivity index is 0. The van der Waals surface area contributed by atoms with Crippen molar-refractivity contribution in [3.8, 4) is 5.75 Å². The highest BCUT2D eigenvalue weighted by Gasteiger charge is 1.99. The van der Waals surface area contributed by atoms with Crippen LogP contribution in [-0.4, -0.2) is 44.5 Å². The lowest BCUT2D eigenvalue weighted by atomic mass is 10.2. The van der Waals surface area contributed by atoms with Gasteiger partial charge >= 0.3 is 0 Å². The molecule has 0 heterocycles. The molecule has 6 heteroatoms. The Morgan fingerprint density at radius 1 is 1.21 bits per heavy atom. The predicted molar refractivity (Wildman–Crippen MR) is 86.3 cm³/mol. The monoisotopic (exact) mass is 307 g/mol. The number of rotatable bonds is 6. The lowest BCUT2D eigenvalue weighted by molar-refractivity contribution is 0.340. The molecule has 2 N–H and O–H groups in total. The molecule has 0 amide bonds. The smallest absolute Gasteiger partial charge is 0.125 e. The third-order valence-corrected chi connectivity index (χ3v) is 2.29. The van der Waals surface area contributed by atoms with Gasteiger partial charge in [0, 0.05) is 12.1 Å². The third-order valence-electron chi connectivity index (χ3n) is 2.29. The molecule has 110 valence electrons. The molecule has 4 nitrogen and oxygen atoms in total. The number of ether oxygens (including phenoxy) is 1. The van der Waals surface area contributed by atoms with Crippen molar-refractivity contribution in [2.75, 3.05) is 33.8 Å². The van der Waals surface area contributed by atoms with E-state index in [1.807, 2.05) is 45.3 Å². The molecule has 1 aromatic rings. The molecule has 0 fully saturated rings. The van der Waals surface area contributed by atoms with E-state index in [0.29, 0.717) is 19.0 Å². The molecule has 19 heavy (non-hydrogen) atoms. The van der Waals surface area contributed by atoms with Gasteiger partial charge in [-0.1, -0.05) is 0 Å². The molecule has 0 saturated heterocycles. The van der Waals surface area contributed by atoms with Gasteiger partial charge in [-0.3, -0.25) is 4.99 Å². The molecular weight excluding hydrogens is 285 g/mol. The fraction of sp³-hybridized carbons (Fsp3) is 0.462. The highest BCUT2D eigenvalue weighted by Crippen LogP contribution is 2.11. The quantitative estimate of drug-likeness (QED) is 0.647. The molecule has 0 radical (unpaired) electrons. The SMILES string of the molecule is CCOc1ccc(C(N)=NCCN(C)C)cc1.Cl.Cl. The van der Waals surface area contributed by atoms with Gasteiger partial charge in [-0.2, -0.15) is 0 Å². The number of nitrogens with two attached hydrogens (primary N) is 1. The molecule has 0 atom stereocenters. The average Bonchev–Trinajstić information content (AvgIpc) is 2.30. The summed E-state index contributed by atoms with van der Waals surface area (Å²) < 4.78 is 5.37. The summed E-state index contributed by atoms with van der Waals surface area (Å²) in [4.78, 5) is 6.40. The Morgan fingerprint density at radius 3 is 2.26 bits per heavy atom. The number of likely N-dealkylation sites (N-methyl/N-ethyl adjacent to an activating group) is 1. The van der Waals surface area contributed by atoms with E-state index < -0.39 is 0 Å². The minimum Gasteiger partial charge on any atom is -0.494 e. The molecule has 0 unspecified atom stereocenters. The fourth-order valence-corrected chi connectivity index (χ4v) is 1.35. The Morgan fingerprint density at radius 2 is 1.79 bits per heavy atom. The van der Waals surface area contributed by atoms with E-state index in [1.165, 1.54) is 0 Å². The van der Waals surface area contributed by atoms with Gasteiger partial charge in [-0.05, 0) is 45.3 Å². The molecule has 0 aliphatic carbocycles. The van der Waals surface area contributed by atoms with Crippen LogP contribution >= 0.6 is 24.8 Å². The van der Waals surface area contributed by atoms with Crippen LogP contribution in [0, 0.1) is 0 Å². The van der Waals surface area contributed by atoms with Crippen molar-refractivity contribution in [3.63, 3.8) is 0 Å². The molecule has 0 saturated carbocycles. The van der Waals surface area contributed by atoms with Gasteiger partial charge in [-0.15, -0.1) is 24.8 Å². The number of nitrogens with zero attached hydrogens (tertiary/aromatic N) is 2. The van der Waals surface area contributed by atoms with Crippen LogP contribution in [0.3, 0.4) is 0 Å². The second-order valence-corrected chi connectivity index (χ2v) is 4.03. The van der Waals surface area contributed by atoms with Gasteiger partial charge in [0.25, 0.3) is 0 Å². The highest BCUT2D eigenvalue weighted by molar-refractivity contribution is 5.97. The van der Waals surface area contributed by atoms with Gasteiger partial charge < -0.3 is 15.4 Å². The number of benzene rings is 1. The van der Waals surface area contributed by atoms with Crippen molar-refractivity contribution in [1.82, 2.24) is 4.90 Å². The van der Waals surface area contributed by atoms with Gasteiger partial charge in [0.1, 0.15) is 11.6 Å². The van der Waals surface area contributed by atoms with Crippen molar-refractivity contribution in [1.29, 1.82) is 0 Å². The maximum atomic E-state index is 5.90. The number of halogens is 2. The Hall–Kier alpha value is -0.970. The average molecular weight is 308 g/mol. The van der Waals surface area contributed by atoms with E-state index in [2.05, 4.69) is 9.89 Å². The standard InChI is InChI=1S/C13H21N3O.2ClH/c1-4-17-12-7-5-11(6-8-12)13(14)15-9-10-16(2)3;;/h5-8H,4,9-10H2,1-3H3,(H2,14,15);2*1H. The molecule has 1 aromatic carbocycles. The van der Waals surface area contributed by atoms with Crippen LogP contribution in [0.25, 0.3) is 0 Å². The second-order valence-electron chi connectivity index (χ2n) is 4.03. The zero-order valence-corrected chi connectivity index (χ0v) is 13.3. The highest BCUT2D eigenvalue weighted by atomic mass is 35.5. The van der Waals surface area contributed by atoms with Crippen molar-refractivity contribution in [3.05, 3.63) is 29.8 Å². The van der Waals surface area contributed by atoms with Crippen LogP contribution in [0.2, 0.25) is 0 Å². The van der Waals surface area contributed by atoms with Crippen LogP contribution in [-0.2, 0) is 0 Å². The van der Waals surface area contributed by atoms with E-state index >= 15 is 0 Å². The summed E-state index contributed by atoms with van der Waals surface area (Å²) in [5, 5.41) is 0. The lowest BCUT2D eigenvalue weighted by Gasteiger charge is -2.07. The zero-order chi connectivity index (χ0) is 12.7. The van der Waals surface area contributed by atoms with E-state index in [1.54, 1.807) is 0 Å². The van der Waals surface area contributed by atoms with E-state index in [9.17, 15) is 0 Å². The lowest BCUT2D eigenvalue weighted by Crippen LogP contribution is -2.19. The molecule has 0 aromatic heterocycles. The van der Waals surface area contributed by atoms with Gasteiger partial charge in [0.15, 0.2) is 0 Å². The molecule has 0 spiro atoms. The molecule has 0 aliphatic rings. The summed E-state index contributed by atoms with van der Waals surface area (Å²) in [6, 6.07) is 7.68. The minimum atomic E-state index is 0. The van der Waals surface area contributed by atoms with E-state index in [0.717, 1.165) is 17.9 Å². The Kier molecular flexibility index (Phi) is 11.7. The number of hydrogen-bond donors (Lipinski definition) is 1. The summed E-state index contributed by atoms with van der Waals surface area (Å²) >= 11 is 0. The first-order valence-corrected chi connectivity index (χ1v) is 5.81. The minimum absolute atomic E-state index is 0. The maximum absolute atomic E-state index is 5.90. The van der Waals surface area contributed by atoms with E-state index in [4.69, 9.17) is 10.5 Å². The normalized spacial score (nSPS) is 10.6. The molecule has 0 bridgehead atoms. The molecule has 0 aliphatic heterocycles. The first kappa shape index (κ1) is 20.3. The zero-order valence-electron chi connectivity index (χ0n) is 11.6. The van der Waals surface area contributed by atoms with Crippen molar-refractivity contribution in [2.24, 2.45) is 10.7 Å². The van der Waals surface area contributed by atoms with Crippen LogP contribution < -0.4 is 10.5 Å². The van der Waals surface area contributed by atoms with Crippen LogP contribution in [0.15, 0.2) is 29.3 Å². The summed E-state index contributed by atoms with van der Waals surface area (Å²) in [5.74, 6) is 1.44. The summed E-state index contributed by atoms with van der Waals surface area (Å²) in [5.41, 5.74) is 6.83. The first-order valence-electron chi connectivity index (χ1n) is 5.81. The van der Waals surface area contributed by atoms with Crippen molar-refractivity contribution < 1.29 is 4.74 Å². The third kappa shape index (κ3) is 7.93. The fourth-order valence-electron chi connectivity index (χ4n) is 1.35. The predicted octanol–water partition coefficient (Wildman–Crippen LogP) is 2.20. The number of aliphatic imine (C=N–C) groups is 1. The van der Waals surface area contributed by atoms with Crippen molar-refractivity contribution in [2.45, 2.75) is 6.92 Å².